The normalized spacial score (nSPS) is 16.2. The van der Waals surface area contributed by atoms with Gasteiger partial charge in [0, 0.05) is 5.69 Å². The van der Waals surface area contributed by atoms with Crippen molar-refractivity contribution in [3.8, 4) is 11.5 Å². The first-order valence-corrected chi connectivity index (χ1v) is 8.20. The van der Waals surface area contributed by atoms with Crippen LogP contribution in [0.15, 0.2) is 36.4 Å². The lowest BCUT2D eigenvalue weighted by Gasteiger charge is -2.16. The van der Waals surface area contributed by atoms with Crippen molar-refractivity contribution in [1.82, 2.24) is 0 Å². The number of carbonyl (C=O) groups excluding carboxylic acids is 1. The Balaban J connectivity index is 1.53. The molecule has 2 N–H and O–H groups in total. The Morgan fingerprint density at radius 2 is 1.88 bits per heavy atom. The molecule has 134 valence electrons. The van der Waals surface area contributed by atoms with Gasteiger partial charge in [0.15, 0.2) is 11.5 Å². The zero-order chi connectivity index (χ0) is 18.3. The Hall–Kier alpha value is -3.09. The lowest BCUT2D eigenvalue weighted by atomic mass is 9.94. The molecule has 26 heavy (non-hydrogen) atoms. The van der Waals surface area contributed by atoms with Crippen molar-refractivity contribution in [1.29, 1.82) is 0 Å². The number of hydrogen-bond donors (Lipinski definition) is 2. The molecule has 7 heteroatoms. The molecular weight excluding hydrogens is 341 g/mol. The van der Waals surface area contributed by atoms with Crippen molar-refractivity contribution in [2.75, 3.05) is 12.1 Å². The largest absolute Gasteiger partial charge is 0.481 e. The molecule has 2 aromatic carbocycles. The monoisotopic (exact) mass is 357 g/mol. The lowest BCUT2D eigenvalue weighted by Crippen LogP contribution is -2.27. The number of ether oxygens (including phenoxy) is 2. The van der Waals surface area contributed by atoms with E-state index in [9.17, 15) is 14.0 Å². The van der Waals surface area contributed by atoms with E-state index in [0.29, 0.717) is 30.0 Å². The summed E-state index contributed by atoms with van der Waals surface area (Å²) < 4.78 is 24.7. The highest BCUT2D eigenvalue weighted by Gasteiger charge is 2.51. The SMILES string of the molecule is O=C(O)Cc1ccc(NC(=O)C2(c3ccc4c(c3)OCO4)CC2)cc1F. The van der Waals surface area contributed by atoms with Gasteiger partial charge in [-0.25, -0.2) is 4.39 Å². The minimum atomic E-state index is -1.11. The third kappa shape index (κ3) is 2.85. The Labute approximate surface area is 148 Å². The third-order valence-electron chi connectivity index (χ3n) is 4.76. The summed E-state index contributed by atoms with van der Waals surface area (Å²) in [6, 6.07) is 9.47. The molecule has 0 atom stereocenters. The molecule has 0 spiro atoms. The van der Waals surface area contributed by atoms with Gasteiger partial charge >= 0.3 is 5.97 Å². The highest BCUT2D eigenvalue weighted by Crippen LogP contribution is 2.51. The van der Waals surface area contributed by atoms with Gasteiger partial charge in [-0.3, -0.25) is 9.59 Å². The summed E-state index contributed by atoms with van der Waals surface area (Å²) in [6.45, 7) is 0.167. The quantitative estimate of drug-likeness (QED) is 0.860. The summed E-state index contributed by atoms with van der Waals surface area (Å²) in [5.74, 6) is -0.716. The second kappa shape index (κ2) is 6.01. The van der Waals surface area contributed by atoms with Crippen LogP contribution in [-0.4, -0.2) is 23.8 Å². The van der Waals surface area contributed by atoms with Crippen LogP contribution in [0.2, 0.25) is 0 Å². The van der Waals surface area contributed by atoms with Crippen molar-refractivity contribution in [2.24, 2.45) is 0 Å². The Morgan fingerprint density at radius 3 is 2.58 bits per heavy atom. The topological polar surface area (TPSA) is 84.9 Å². The molecule has 0 unspecified atom stereocenters. The van der Waals surface area contributed by atoms with Crippen molar-refractivity contribution < 1.29 is 28.6 Å². The summed E-state index contributed by atoms with van der Waals surface area (Å²) in [7, 11) is 0. The maximum absolute atomic E-state index is 14.0. The highest BCUT2D eigenvalue weighted by molar-refractivity contribution is 6.01. The van der Waals surface area contributed by atoms with Gasteiger partial charge in [-0.05, 0) is 48.2 Å². The van der Waals surface area contributed by atoms with Gasteiger partial charge in [0.1, 0.15) is 5.82 Å². The molecule has 1 heterocycles. The number of carbonyl (C=O) groups is 2. The van der Waals surface area contributed by atoms with Gasteiger partial charge < -0.3 is 19.9 Å². The fourth-order valence-corrected chi connectivity index (χ4v) is 3.15. The van der Waals surface area contributed by atoms with Crippen LogP contribution in [-0.2, 0) is 21.4 Å². The Morgan fingerprint density at radius 1 is 1.12 bits per heavy atom. The molecule has 1 aliphatic heterocycles. The first kappa shape index (κ1) is 16.4. The number of carboxylic acids is 1. The summed E-state index contributed by atoms with van der Waals surface area (Å²) in [5, 5.41) is 11.5. The predicted octanol–water partition coefficient (Wildman–Crippen LogP) is 2.85. The maximum Gasteiger partial charge on any atom is 0.307 e. The van der Waals surface area contributed by atoms with Crippen molar-refractivity contribution in [3.05, 3.63) is 53.3 Å². The fraction of sp³-hybridized carbons (Fsp3) is 0.263. The van der Waals surface area contributed by atoms with Crippen LogP contribution in [0.1, 0.15) is 24.0 Å². The van der Waals surface area contributed by atoms with E-state index in [2.05, 4.69) is 5.32 Å². The number of aliphatic carboxylic acids is 1. The van der Waals surface area contributed by atoms with E-state index >= 15 is 0 Å². The summed E-state index contributed by atoms with van der Waals surface area (Å²) in [6.07, 6.45) is 0.983. The zero-order valence-electron chi connectivity index (χ0n) is 13.8. The third-order valence-corrected chi connectivity index (χ3v) is 4.76. The van der Waals surface area contributed by atoms with Crippen LogP contribution >= 0.6 is 0 Å². The molecule has 1 amide bonds. The van der Waals surface area contributed by atoms with E-state index in [0.717, 1.165) is 11.6 Å². The number of halogens is 1. The van der Waals surface area contributed by atoms with Crippen LogP contribution in [0.25, 0.3) is 0 Å². The molecule has 6 nitrogen and oxygen atoms in total. The Bertz CT molecular complexity index is 907. The van der Waals surface area contributed by atoms with Crippen LogP contribution in [0, 0.1) is 5.82 Å². The molecule has 4 rings (SSSR count). The van der Waals surface area contributed by atoms with Crippen LogP contribution in [0.3, 0.4) is 0 Å². The number of fused-ring (bicyclic) bond motifs is 1. The maximum atomic E-state index is 14.0. The lowest BCUT2D eigenvalue weighted by molar-refractivity contribution is -0.136. The molecule has 2 aliphatic rings. The number of carboxylic acid groups (broad SMARTS) is 1. The molecule has 1 saturated carbocycles. The predicted molar refractivity (Wildman–Crippen MR) is 89.8 cm³/mol. The number of anilines is 1. The van der Waals surface area contributed by atoms with Gasteiger partial charge in [0.25, 0.3) is 0 Å². The van der Waals surface area contributed by atoms with E-state index in [-0.39, 0.29) is 18.3 Å². The van der Waals surface area contributed by atoms with E-state index in [1.54, 1.807) is 6.07 Å². The van der Waals surface area contributed by atoms with Crippen LogP contribution < -0.4 is 14.8 Å². The first-order valence-electron chi connectivity index (χ1n) is 8.20. The number of rotatable bonds is 5. The van der Waals surface area contributed by atoms with E-state index < -0.39 is 23.6 Å². The number of amides is 1. The Kier molecular flexibility index (Phi) is 3.79. The smallest absolute Gasteiger partial charge is 0.307 e. The minimum Gasteiger partial charge on any atom is -0.481 e. The van der Waals surface area contributed by atoms with Crippen molar-refractivity contribution >= 4 is 17.6 Å². The van der Waals surface area contributed by atoms with E-state index in [1.807, 2.05) is 12.1 Å². The highest BCUT2D eigenvalue weighted by atomic mass is 19.1. The zero-order valence-corrected chi connectivity index (χ0v) is 13.8. The number of hydrogen-bond acceptors (Lipinski definition) is 4. The van der Waals surface area contributed by atoms with Crippen molar-refractivity contribution in [3.63, 3.8) is 0 Å². The molecule has 0 bridgehead atoms. The second-order valence-corrected chi connectivity index (χ2v) is 6.48. The number of nitrogens with one attached hydrogen (secondary N) is 1. The van der Waals surface area contributed by atoms with Crippen LogP contribution in [0.4, 0.5) is 10.1 Å². The van der Waals surface area contributed by atoms with E-state index in [4.69, 9.17) is 14.6 Å². The number of benzene rings is 2. The fourth-order valence-electron chi connectivity index (χ4n) is 3.15. The average molecular weight is 357 g/mol. The standard InChI is InChI=1S/C19H16FNO5/c20-14-9-13(3-1-11(14)7-17(22)23)21-18(24)19(5-6-19)12-2-4-15-16(8-12)26-10-25-15/h1-4,8-9H,5-7,10H2,(H,21,24)(H,22,23). The molecule has 1 aliphatic carbocycles. The molecule has 1 fully saturated rings. The molecular formula is C19H16FNO5. The summed E-state index contributed by atoms with van der Waals surface area (Å²) in [5.41, 5.74) is 0.556. The van der Waals surface area contributed by atoms with Gasteiger partial charge in [0.05, 0.1) is 11.8 Å². The first-order chi connectivity index (χ1) is 12.5. The van der Waals surface area contributed by atoms with Crippen LogP contribution in [0.5, 0.6) is 11.5 Å². The average Bonchev–Trinajstić information content (AvgIpc) is 3.28. The molecule has 0 saturated heterocycles. The van der Waals surface area contributed by atoms with Gasteiger partial charge in [-0.15, -0.1) is 0 Å². The minimum absolute atomic E-state index is 0.0763. The second-order valence-electron chi connectivity index (χ2n) is 6.48. The molecule has 0 radical (unpaired) electrons. The summed E-state index contributed by atoms with van der Waals surface area (Å²) >= 11 is 0. The van der Waals surface area contributed by atoms with E-state index in [1.165, 1.54) is 12.1 Å². The van der Waals surface area contributed by atoms with Crippen molar-refractivity contribution in [2.45, 2.75) is 24.7 Å². The van der Waals surface area contributed by atoms with Gasteiger partial charge in [0.2, 0.25) is 12.7 Å². The van der Waals surface area contributed by atoms with Gasteiger partial charge in [-0.1, -0.05) is 12.1 Å². The van der Waals surface area contributed by atoms with Gasteiger partial charge in [-0.2, -0.15) is 0 Å². The molecule has 2 aromatic rings. The molecule has 0 aromatic heterocycles. The summed E-state index contributed by atoms with van der Waals surface area (Å²) in [4.78, 5) is 23.5.